The summed E-state index contributed by atoms with van der Waals surface area (Å²) in [4.78, 5) is 19.5. The standard InChI is InChI=1S/C7H6N6O6/c1-5-2-3-6(10(14)8-12(16)17)4-7(5)11(15)9-13(18)19/h2-4H,1H3/b10-8-,11-9-. The fourth-order valence-corrected chi connectivity index (χ4v) is 1.16. The Kier molecular flexibility index (Phi) is 3.97. The fraction of sp³-hybridized carbons (Fsp3) is 0.143. The van der Waals surface area contributed by atoms with Crippen molar-refractivity contribution < 1.29 is 19.8 Å². The highest BCUT2D eigenvalue weighted by Crippen LogP contribution is 2.24. The number of hydrogen-bond acceptors (Lipinski definition) is 6. The van der Waals surface area contributed by atoms with Gasteiger partial charge in [-0.2, -0.15) is 0 Å². The zero-order valence-corrected chi connectivity index (χ0v) is 9.36. The average molecular weight is 270 g/mol. The number of aryl methyl sites for hydroxylation is 1. The first-order chi connectivity index (χ1) is 8.81. The molecule has 0 atom stereocenters. The van der Waals surface area contributed by atoms with Crippen LogP contribution in [0.25, 0.3) is 0 Å². The largest absolute Gasteiger partial charge is 0.590 e. The molecule has 0 unspecified atom stereocenters. The van der Waals surface area contributed by atoms with Gasteiger partial charge in [0, 0.05) is 21.4 Å². The molecule has 0 aliphatic heterocycles. The fourth-order valence-electron chi connectivity index (χ4n) is 1.16. The van der Waals surface area contributed by atoms with Crippen molar-refractivity contribution in [1.29, 1.82) is 0 Å². The van der Waals surface area contributed by atoms with Gasteiger partial charge in [0.05, 0.1) is 6.07 Å². The summed E-state index contributed by atoms with van der Waals surface area (Å²) in [6.45, 7) is 1.44. The first-order valence-electron chi connectivity index (χ1n) is 4.58. The second kappa shape index (κ2) is 5.44. The monoisotopic (exact) mass is 270 g/mol. The van der Waals surface area contributed by atoms with E-state index in [1.807, 2.05) is 0 Å². The van der Waals surface area contributed by atoms with E-state index in [2.05, 4.69) is 10.4 Å². The molecular weight excluding hydrogens is 264 g/mol. The van der Waals surface area contributed by atoms with E-state index >= 15 is 0 Å². The van der Waals surface area contributed by atoms with Crippen LogP contribution in [-0.2, 0) is 0 Å². The molecule has 0 N–H and O–H groups in total. The second-order valence-corrected chi connectivity index (χ2v) is 3.17. The van der Waals surface area contributed by atoms with Gasteiger partial charge in [-0.25, -0.2) is 20.2 Å². The molecule has 0 aliphatic carbocycles. The van der Waals surface area contributed by atoms with Crippen molar-refractivity contribution in [2.24, 2.45) is 10.4 Å². The van der Waals surface area contributed by atoms with Gasteiger partial charge in [0.25, 0.3) is 21.4 Å². The summed E-state index contributed by atoms with van der Waals surface area (Å²) in [5.41, 5.74) is -0.343. The maximum Gasteiger partial charge on any atom is 0.349 e. The molecule has 0 heterocycles. The third-order valence-corrected chi connectivity index (χ3v) is 1.93. The summed E-state index contributed by atoms with van der Waals surface area (Å²) in [5.74, 6) is 0. The SMILES string of the molecule is Cc1ccc(/[N+]([O-])=N/[N+](=O)[O-])cc1/[N+]([O-])=N/[N+](=O)[O-]. The predicted molar refractivity (Wildman–Crippen MR) is 56.6 cm³/mol. The molecule has 100 valence electrons. The molecule has 0 radical (unpaired) electrons. The average Bonchev–Trinajstić information content (AvgIpc) is 2.27. The molecule has 0 spiro atoms. The summed E-state index contributed by atoms with van der Waals surface area (Å²) < 4.78 is 0. The molecule has 1 aromatic rings. The molecule has 12 heteroatoms. The third kappa shape index (κ3) is 3.65. The van der Waals surface area contributed by atoms with Crippen LogP contribution >= 0.6 is 0 Å². The van der Waals surface area contributed by atoms with Gasteiger partial charge in [0.1, 0.15) is 0 Å². The van der Waals surface area contributed by atoms with Gasteiger partial charge in [-0.05, 0) is 13.0 Å². The Morgan fingerprint density at radius 1 is 0.947 bits per heavy atom. The number of nitro groups is 2. The molecule has 0 saturated heterocycles. The van der Waals surface area contributed by atoms with Crippen LogP contribution in [0.4, 0.5) is 11.4 Å². The van der Waals surface area contributed by atoms with Crippen LogP contribution < -0.4 is 0 Å². The Bertz CT molecular complexity index is 596. The molecule has 0 aliphatic rings. The lowest BCUT2D eigenvalue weighted by Gasteiger charge is -2.00. The van der Waals surface area contributed by atoms with Crippen LogP contribution in [0.15, 0.2) is 28.6 Å². The highest BCUT2D eigenvalue weighted by atomic mass is 16.7. The van der Waals surface area contributed by atoms with Crippen LogP contribution in [0.1, 0.15) is 5.56 Å². The lowest BCUT2D eigenvalue weighted by atomic mass is 10.2. The Morgan fingerprint density at radius 3 is 2.00 bits per heavy atom. The van der Waals surface area contributed by atoms with Gasteiger partial charge >= 0.3 is 10.4 Å². The molecule has 1 rings (SSSR count). The van der Waals surface area contributed by atoms with E-state index in [0.717, 1.165) is 6.07 Å². The highest BCUT2D eigenvalue weighted by Gasteiger charge is 2.18. The summed E-state index contributed by atoms with van der Waals surface area (Å²) in [6, 6.07) is 3.33. The van der Waals surface area contributed by atoms with E-state index in [-0.39, 0.29) is 21.1 Å². The number of benzene rings is 1. The predicted octanol–water partition coefficient (Wildman–Crippen LogP) is 1.57. The number of rotatable bonds is 4. The lowest BCUT2D eigenvalue weighted by Crippen LogP contribution is -2.01. The van der Waals surface area contributed by atoms with Crippen LogP contribution in [0.2, 0.25) is 0 Å². The quantitative estimate of drug-likeness (QED) is 0.348. The highest BCUT2D eigenvalue weighted by molar-refractivity contribution is 5.48. The van der Waals surface area contributed by atoms with Crippen molar-refractivity contribution >= 4 is 11.4 Å². The molecule has 1 aromatic carbocycles. The number of nitrogens with zero attached hydrogens (tertiary/aromatic N) is 6. The molecule has 0 saturated carbocycles. The molecule has 0 fully saturated rings. The summed E-state index contributed by atoms with van der Waals surface area (Å²) >= 11 is 0. The van der Waals surface area contributed by atoms with Gasteiger partial charge in [0.2, 0.25) is 0 Å². The Hall–Kier alpha value is -3.18. The van der Waals surface area contributed by atoms with Crippen LogP contribution in [0.3, 0.4) is 0 Å². The minimum Gasteiger partial charge on any atom is -0.590 e. The molecule has 12 nitrogen and oxygen atoms in total. The van der Waals surface area contributed by atoms with Crippen molar-refractivity contribution in [1.82, 2.24) is 0 Å². The molecule has 0 bridgehead atoms. The van der Waals surface area contributed by atoms with Crippen LogP contribution in [-0.4, -0.2) is 19.8 Å². The molecule has 0 aromatic heterocycles. The van der Waals surface area contributed by atoms with E-state index in [9.17, 15) is 30.6 Å². The van der Waals surface area contributed by atoms with Crippen LogP contribution in [0.5, 0.6) is 0 Å². The smallest absolute Gasteiger partial charge is 0.349 e. The van der Waals surface area contributed by atoms with E-state index in [1.54, 1.807) is 0 Å². The molecular formula is C7H6N6O6. The first-order valence-corrected chi connectivity index (χ1v) is 4.58. The van der Waals surface area contributed by atoms with Gasteiger partial charge in [-0.1, -0.05) is 0 Å². The van der Waals surface area contributed by atoms with Gasteiger partial charge < -0.3 is 10.4 Å². The van der Waals surface area contributed by atoms with Crippen LogP contribution in [0, 0.1) is 37.6 Å². The normalized spacial score (nSPS) is 12.3. The minimum absolute atomic E-state index is 0.291. The third-order valence-electron chi connectivity index (χ3n) is 1.93. The van der Waals surface area contributed by atoms with Gasteiger partial charge in [-0.3, -0.25) is 0 Å². The van der Waals surface area contributed by atoms with Crippen molar-refractivity contribution in [3.8, 4) is 0 Å². The zero-order valence-electron chi connectivity index (χ0n) is 9.36. The van der Waals surface area contributed by atoms with E-state index < -0.39 is 10.1 Å². The van der Waals surface area contributed by atoms with E-state index in [4.69, 9.17) is 0 Å². The topological polar surface area (TPSA) is 163 Å². The van der Waals surface area contributed by atoms with E-state index in [0.29, 0.717) is 5.56 Å². The summed E-state index contributed by atoms with van der Waals surface area (Å²) in [7, 11) is 0. The summed E-state index contributed by atoms with van der Waals surface area (Å²) in [6.07, 6.45) is 0. The maximum atomic E-state index is 11.3. The maximum absolute atomic E-state index is 11.3. The van der Waals surface area contributed by atoms with Gasteiger partial charge in [0.15, 0.2) is 0 Å². The Morgan fingerprint density at radius 2 is 1.47 bits per heavy atom. The van der Waals surface area contributed by atoms with Crippen molar-refractivity contribution in [2.75, 3.05) is 0 Å². The van der Waals surface area contributed by atoms with Crippen molar-refractivity contribution in [3.05, 3.63) is 54.4 Å². The minimum atomic E-state index is -1.22. The van der Waals surface area contributed by atoms with Crippen molar-refractivity contribution in [3.63, 3.8) is 0 Å². The van der Waals surface area contributed by atoms with Crippen molar-refractivity contribution in [2.45, 2.75) is 6.92 Å². The Labute approximate surface area is 104 Å². The number of hydrogen-bond donors (Lipinski definition) is 0. The second-order valence-electron chi connectivity index (χ2n) is 3.17. The lowest BCUT2D eigenvalue weighted by molar-refractivity contribution is -0.645. The summed E-state index contributed by atoms with van der Waals surface area (Å²) in [5, 5.41) is 45.1. The first kappa shape index (κ1) is 13.9. The Balaban J connectivity index is 3.29. The van der Waals surface area contributed by atoms with Gasteiger partial charge in [-0.15, -0.1) is 0 Å². The zero-order chi connectivity index (χ0) is 14.6. The molecule has 19 heavy (non-hydrogen) atoms. The molecule has 0 amide bonds. The van der Waals surface area contributed by atoms with E-state index in [1.165, 1.54) is 19.1 Å².